The van der Waals surface area contributed by atoms with Gasteiger partial charge in [-0.2, -0.15) is 0 Å². The fraction of sp³-hybridized carbons (Fsp3) is 0.263. The van der Waals surface area contributed by atoms with Crippen LogP contribution in [-0.4, -0.2) is 24.5 Å². The molecule has 128 valence electrons. The van der Waals surface area contributed by atoms with Gasteiger partial charge in [-0.25, -0.2) is 4.39 Å². The predicted molar refractivity (Wildman–Crippen MR) is 90.0 cm³/mol. The van der Waals surface area contributed by atoms with Crippen molar-refractivity contribution >= 4 is 17.5 Å². The van der Waals surface area contributed by atoms with Crippen LogP contribution in [0.15, 0.2) is 42.5 Å². The van der Waals surface area contributed by atoms with Gasteiger partial charge in [-0.05, 0) is 29.3 Å². The van der Waals surface area contributed by atoms with E-state index in [2.05, 4.69) is 10.6 Å². The number of rotatable bonds is 3. The fourth-order valence-electron chi connectivity index (χ4n) is 3.38. The molecule has 5 nitrogen and oxygen atoms in total. The Morgan fingerprint density at radius 1 is 1.24 bits per heavy atom. The van der Waals surface area contributed by atoms with E-state index >= 15 is 0 Å². The molecule has 0 saturated carbocycles. The second-order valence-electron chi connectivity index (χ2n) is 6.33. The Morgan fingerprint density at radius 3 is 2.92 bits per heavy atom. The maximum Gasteiger partial charge on any atom is 0.228 e. The van der Waals surface area contributed by atoms with Crippen LogP contribution < -0.4 is 15.4 Å². The highest BCUT2D eigenvalue weighted by molar-refractivity contribution is 6.01. The van der Waals surface area contributed by atoms with Crippen LogP contribution >= 0.6 is 0 Å². The molecule has 0 bridgehead atoms. The number of benzene rings is 2. The molecule has 2 aliphatic heterocycles. The average molecular weight is 340 g/mol. The highest BCUT2D eigenvalue weighted by atomic mass is 19.1. The second kappa shape index (κ2) is 6.20. The number of amides is 2. The monoisotopic (exact) mass is 340 g/mol. The Balaban J connectivity index is 1.43. The number of carbonyl (C=O) groups excluding carboxylic acids is 2. The second-order valence-corrected chi connectivity index (χ2v) is 6.33. The Bertz CT molecular complexity index is 827. The molecule has 0 radical (unpaired) electrons. The van der Waals surface area contributed by atoms with E-state index in [1.165, 1.54) is 12.1 Å². The van der Waals surface area contributed by atoms with Crippen LogP contribution in [0.3, 0.4) is 0 Å². The lowest BCUT2D eigenvalue weighted by atomic mass is 9.89. The van der Waals surface area contributed by atoms with Gasteiger partial charge in [0.15, 0.2) is 0 Å². The van der Waals surface area contributed by atoms with Crippen LogP contribution in [0.4, 0.5) is 10.1 Å². The summed E-state index contributed by atoms with van der Waals surface area (Å²) in [5, 5.41) is 5.48. The molecule has 4 rings (SSSR count). The van der Waals surface area contributed by atoms with Gasteiger partial charge in [-0.3, -0.25) is 9.59 Å². The smallest absolute Gasteiger partial charge is 0.228 e. The van der Waals surface area contributed by atoms with E-state index in [4.69, 9.17) is 4.74 Å². The van der Waals surface area contributed by atoms with Crippen molar-refractivity contribution in [1.29, 1.82) is 0 Å². The van der Waals surface area contributed by atoms with Crippen LogP contribution in [-0.2, 0) is 16.0 Å². The third-order valence-corrected chi connectivity index (χ3v) is 4.59. The van der Waals surface area contributed by atoms with Crippen molar-refractivity contribution in [1.82, 2.24) is 5.32 Å². The summed E-state index contributed by atoms with van der Waals surface area (Å²) in [5.74, 6) is -0.755. The number of para-hydroxylation sites is 1. The summed E-state index contributed by atoms with van der Waals surface area (Å²) < 4.78 is 19.2. The van der Waals surface area contributed by atoms with Crippen LogP contribution in [0.1, 0.15) is 23.5 Å². The summed E-state index contributed by atoms with van der Waals surface area (Å²) in [6.07, 6.45) is 0.672. The van der Waals surface area contributed by atoms with Crippen molar-refractivity contribution in [3.63, 3.8) is 0 Å². The van der Waals surface area contributed by atoms with Gasteiger partial charge in [0.25, 0.3) is 0 Å². The van der Waals surface area contributed by atoms with Crippen molar-refractivity contribution in [3.05, 3.63) is 59.4 Å². The van der Waals surface area contributed by atoms with Gasteiger partial charge in [-0.1, -0.05) is 24.3 Å². The molecule has 6 heteroatoms. The summed E-state index contributed by atoms with van der Waals surface area (Å²) >= 11 is 0. The minimum absolute atomic E-state index is 0.0518. The standard InChI is InChI=1S/C19H17FN2O3/c20-12-5-6-14-15(9-18(23)22-16(14)8-12)19(24)21-10-13-7-11-3-1-2-4-17(11)25-13/h1-6,8,13,15H,7,9-10H2,(H,21,24)(H,22,23)/t13-,15-/m0/s1. The highest BCUT2D eigenvalue weighted by Crippen LogP contribution is 2.33. The molecule has 2 heterocycles. The highest BCUT2D eigenvalue weighted by Gasteiger charge is 2.32. The van der Waals surface area contributed by atoms with Gasteiger partial charge >= 0.3 is 0 Å². The molecule has 0 saturated heterocycles. The lowest BCUT2D eigenvalue weighted by Crippen LogP contribution is -2.39. The number of anilines is 1. The summed E-state index contributed by atoms with van der Waals surface area (Å²) in [6.45, 7) is 0.363. The molecule has 2 aliphatic rings. The number of ether oxygens (including phenoxy) is 1. The predicted octanol–water partition coefficient (Wildman–Crippen LogP) is 2.37. The van der Waals surface area contributed by atoms with Gasteiger partial charge in [0.2, 0.25) is 11.8 Å². The topological polar surface area (TPSA) is 67.4 Å². The normalized spacial score (nSPS) is 20.9. The number of halogens is 1. The number of fused-ring (bicyclic) bond motifs is 2. The fourth-order valence-corrected chi connectivity index (χ4v) is 3.38. The largest absolute Gasteiger partial charge is 0.488 e. The van der Waals surface area contributed by atoms with Crippen molar-refractivity contribution in [3.8, 4) is 5.75 Å². The van der Waals surface area contributed by atoms with E-state index in [1.807, 2.05) is 24.3 Å². The van der Waals surface area contributed by atoms with Gasteiger partial charge in [0, 0.05) is 18.5 Å². The first-order valence-corrected chi connectivity index (χ1v) is 8.22. The molecule has 2 N–H and O–H groups in total. The minimum atomic E-state index is -0.617. The van der Waals surface area contributed by atoms with Gasteiger partial charge in [0.05, 0.1) is 12.5 Å². The summed E-state index contributed by atoms with van der Waals surface area (Å²) in [4.78, 5) is 24.4. The molecule has 0 unspecified atom stereocenters. The summed E-state index contributed by atoms with van der Waals surface area (Å²) in [6, 6.07) is 11.9. The van der Waals surface area contributed by atoms with Gasteiger partial charge < -0.3 is 15.4 Å². The third-order valence-electron chi connectivity index (χ3n) is 4.59. The molecule has 2 aromatic rings. The molecule has 0 aliphatic carbocycles. The zero-order valence-corrected chi connectivity index (χ0v) is 13.4. The van der Waals surface area contributed by atoms with Gasteiger partial charge in [0.1, 0.15) is 17.7 Å². The van der Waals surface area contributed by atoms with Crippen LogP contribution in [0.5, 0.6) is 5.75 Å². The van der Waals surface area contributed by atoms with Crippen LogP contribution in [0.2, 0.25) is 0 Å². The van der Waals surface area contributed by atoms with Crippen molar-refractivity contribution in [2.75, 3.05) is 11.9 Å². The Kier molecular flexibility index (Phi) is 3.87. The molecule has 2 aromatic carbocycles. The first-order chi connectivity index (χ1) is 12.1. The number of hydrogen-bond donors (Lipinski definition) is 2. The van der Waals surface area contributed by atoms with E-state index in [0.29, 0.717) is 17.8 Å². The molecule has 2 atom stereocenters. The van der Waals surface area contributed by atoms with E-state index in [1.54, 1.807) is 6.07 Å². The molecule has 0 aromatic heterocycles. The zero-order chi connectivity index (χ0) is 17.4. The lowest BCUT2D eigenvalue weighted by Gasteiger charge is -2.25. The molecular formula is C19H17FN2O3. The maximum absolute atomic E-state index is 13.4. The van der Waals surface area contributed by atoms with E-state index in [9.17, 15) is 14.0 Å². The van der Waals surface area contributed by atoms with Crippen molar-refractivity contribution in [2.45, 2.75) is 24.9 Å². The Hall–Kier alpha value is -2.89. The number of hydrogen-bond acceptors (Lipinski definition) is 3. The quantitative estimate of drug-likeness (QED) is 0.901. The zero-order valence-electron chi connectivity index (χ0n) is 13.4. The molecule has 2 amide bonds. The Morgan fingerprint density at radius 2 is 2.08 bits per heavy atom. The SMILES string of the molecule is O=C1C[C@H](C(=O)NC[C@@H]2Cc3ccccc3O2)c2ccc(F)cc2N1. The van der Waals surface area contributed by atoms with E-state index in [-0.39, 0.29) is 24.3 Å². The van der Waals surface area contributed by atoms with Gasteiger partial charge in [-0.15, -0.1) is 0 Å². The average Bonchev–Trinajstić information content (AvgIpc) is 3.01. The molecular weight excluding hydrogens is 323 g/mol. The number of carbonyl (C=O) groups is 2. The summed E-state index contributed by atoms with van der Waals surface area (Å²) in [7, 11) is 0. The first kappa shape index (κ1) is 15.6. The molecule has 0 fully saturated rings. The summed E-state index contributed by atoms with van der Waals surface area (Å²) in [5.41, 5.74) is 2.12. The molecule has 0 spiro atoms. The van der Waals surface area contributed by atoms with E-state index < -0.39 is 11.7 Å². The van der Waals surface area contributed by atoms with Crippen molar-refractivity contribution in [2.24, 2.45) is 0 Å². The Labute approximate surface area is 144 Å². The maximum atomic E-state index is 13.4. The van der Waals surface area contributed by atoms with Crippen LogP contribution in [0, 0.1) is 5.82 Å². The number of nitrogens with one attached hydrogen (secondary N) is 2. The molecule has 25 heavy (non-hydrogen) atoms. The minimum Gasteiger partial charge on any atom is -0.488 e. The van der Waals surface area contributed by atoms with E-state index in [0.717, 1.165) is 17.7 Å². The lowest BCUT2D eigenvalue weighted by molar-refractivity contribution is -0.126. The third kappa shape index (κ3) is 3.07. The van der Waals surface area contributed by atoms with Crippen LogP contribution in [0.25, 0.3) is 0 Å². The van der Waals surface area contributed by atoms with Crippen molar-refractivity contribution < 1.29 is 18.7 Å². The first-order valence-electron chi connectivity index (χ1n) is 8.22.